The summed E-state index contributed by atoms with van der Waals surface area (Å²) in [5.74, 6) is 1.91. The molecule has 0 unspecified atom stereocenters. The van der Waals surface area contributed by atoms with Crippen molar-refractivity contribution in [1.82, 2.24) is 0 Å². The third-order valence-corrected chi connectivity index (χ3v) is 6.89. The Morgan fingerprint density at radius 1 is 1.28 bits per heavy atom. The fourth-order valence-electron chi connectivity index (χ4n) is 5.72. The minimum Gasteiger partial charge on any atom is -0.497 e. The first-order chi connectivity index (χ1) is 11.9. The summed E-state index contributed by atoms with van der Waals surface area (Å²) in [6, 6.07) is 6.54. The molecular weight excluding hydrogens is 312 g/mol. The van der Waals surface area contributed by atoms with E-state index in [4.69, 9.17) is 9.47 Å². The van der Waals surface area contributed by atoms with Gasteiger partial charge in [0.1, 0.15) is 11.9 Å². The van der Waals surface area contributed by atoms with E-state index in [1.54, 1.807) is 18.3 Å². The van der Waals surface area contributed by atoms with Crippen LogP contribution in [0.3, 0.4) is 0 Å². The van der Waals surface area contributed by atoms with Crippen LogP contribution in [0.1, 0.15) is 57.6 Å². The van der Waals surface area contributed by atoms with Gasteiger partial charge in [-0.3, -0.25) is 4.79 Å². The largest absolute Gasteiger partial charge is 0.497 e. The smallest absolute Gasteiger partial charge is 0.302 e. The molecular formula is C22H28O3. The first-order valence-electron chi connectivity index (χ1n) is 9.51. The van der Waals surface area contributed by atoms with E-state index in [-0.39, 0.29) is 17.5 Å². The molecule has 0 aromatic heterocycles. The molecule has 4 rings (SSSR count). The van der Waals surface area contributed by atoms with Crippen molar-refractivity contribution in [3.63, 3.8) is 0 Å². The van der Waals surface area contributed by atoms with Crippen molar-refractivity contribution in [2.24, 2.45) is 17.3 Å². The summed E-state index contributed by atoms with van der Waals surface area (Å²) in [7, 11) is 1.73. The molecule has 134 valence electrons. The van der Waals surface area contributed by atoms with Crippen LogP contribution in [0.5, 0.6) is 5.75 Å². The molecule has 3 heteroatoms. The van der Waals surface area contributed by atoms with Crippen LogP contribution in [0.25, 0.3) is 5.57 Å². The standard InChI is InChI=1S/C22H28O3/c1-13-11-15-12-16(24-4)5-6-17(15)18-9-10-22(3)19(21(13)18)7-8-20(22)25-14(2)23/h5-6,12-13,19-20H,7-11H2,1-4H3/t13-,19-,20-,22+/m1/s1. The first-order valence-corrected chi connectivity index (χ1v) is 9.51. The van der Waals surface area contributed by atoms with Gasteiger partial charge in [0.25, 0.3) is 0 Å². The number of hydrogen-bond acceptors (Lipinski definition) is 3. The topological polar surface area (TPSA) is 35.5 Å². The zero-order chi connectivity index (χ0) is 17.8. The number of esters is 1. The number of allylic oxidation sites excluding steroid dienone is 2. The summed E-state index contributed by atoms with van der Waals surface area (Å²) >= 11 is 0. The van der Waals surface area contributed by atoms with Gasteiger partial charge in [-0.15, -0.1) is 0 Å². The predicted molar refractivity (Wildman–Crippen MR) is 98.4 cm³/mol. The van der Waals surface area contributed by atoms with E-state index in [0.717, 1.165) is 37.9 Å². The fraction of sp³-hybridized carbons (Fsp3) is 0.591. The molecule has 1 saturated carbocycles. The van der Waals surface area contributed by atoms with Gasteiger partial charge < -0.3 is 9.47 Å². The molecule has 25 heavy (non-hydrogen) atoms. The number of fused-ring (bicyclic) bond motifs is 4. The number of rotatable bonds is 2. The normalized spacial score (nSPS) is 33.4. The number of carbonyl (C=O) groups excluding carboxylic acids is 1. The third-order valence-electron chi connectivity index (χ3n) is 6.89. The maximum Gasteiger partial charge on any atom is 0.302 e. The van der Waals surface area contributed by atoms with Crippen LogP contribution < -0.4 is 4.74 Å². The van der Waals surface area contributed by atoms with Crippen molar-refractivity contribution < 1.29 is 14.3 Å². The lowest BCUT2D eigenvalue weighted by molar-refractivity contribution is -0.152. The summed E-state index contributed by atoms with van der Waals surface area (Å²) in [5.41, 5.74) is 6.14. The lowest BCUT2D eigenvalue weighted by Gasteiger charge is -2.46. The molecule has 0 saturated heterocycles. The quantitative estimate of drug-likeness (QED) is 0.727. The average Bonchev–Trinajstić information content (AvgIpc) is 2.90. The molecule has 0 heterocycles. The van der Waals surface area contributed by atoms with Gasteiger partial charge >= 0.3 is 5.97 Å². The molecule has 3 aliphatic carbocycles. The summed E-state index contributed by atoms with van der Waals surface area (Å²) in [6.07, 6.45) is 5.49. The van der Waals surface area contributed by atoms with Crippen molar-refractivity contribution in [2.45, 2.75) is 59.0 Å². The molecule has 1 aromatic carbocycles. The molecule has 3 aliphatic rings. The Bertz CT molecular complexity index is 748. The van der Waals surface area contributed by atoms with Gasteiger partial charge in [0, 0.05) is 12.3 Å². The molecule has 0 N–H and O–H groups in total. The van der Waals surface area contributed by atoms with Gasteiger partial charge in [0.15, 0.2) is 0 Å². The van der Waals surface area contributed by atoms with E-state index in [2.05, 4.69) is 32.0 Å². The maximum absolute atomic E-state index is 11.5. The third kappa shape index (κ3) is 2.51. The van der Waals surface area contributed by atoms with Gasteiger partial charge in [-0.25, -0.2) is 0 Å². The van der Waals surface area contributed by atoms with Gasteiger partial charge in [-0.05, 0) is 72.8 Å². The van der Waals surface area contributed by atoms with Crippen LogP contribution in [0.4, 0.5) is 0 Å². The van der Waals surface area contributed by atoms with Crippen LogP contribution in [-0.2, 0) is 16.0 Å². The molecule has 0 radical (unpaired) electrons. The molecule has 4 atom stereocenters. The Balaban J connectivity index is 1.75. The molecule has 0 amide bonds. The summed E-state index contributed by atoms with van der Waals surface area (Å²) < 4.78 is 11.1. The van der Waals surface area contributed by atoms with E-state index < -0.39 is 0 Å². The highest BCUT2D eigenvalue weighted by molar-refractivity contribution is 5.76. The highest BCUT2D eigenvalue weighted by Gasteiger charge is 2.53. The van der Waals surface area contributed by atoms with Gasteiger partial charge in [-0.1, -0.05) is 25.5 Å². The highest BCUT2D eigenvalue weighted by atomic mass is 16.5. The second kappa shape index (κ2) is 5.89. The molecule has 1 fully saturated rings. The van der Waals surface area contributed by atoms with Gasteiger partial charge in [0.05, 0.1) is 7.11 Å². The van der Waals surface area contributed by atoms with Crippen molar-refractivity contribution in [2.75, 3.05) is 7.11 Å². The summed E-state index contributed by atoms with van der Waals surface area (Å²) in [6.45, 7) is 6.25. The average molecular weight is 340 g/mol. The second-order valence-corrected chi connectivity index (χ2v) is 8.30. The monoisotopic (exact) mass is 340 g/mol. The van der Waals surface area contributed by atoms with Crippen LogP contribution >= 0.6 is 0 Å². The van der Waals surface area contributed by atoms with Crippen molar-refractivity contribution in [3.8, 4) is 5.75 Å². The zero-order valence-electron chi connectivity index (χ0n) is 15.7. The second-order valence-electron chi connectivity index (χ2n) is 8.30. The Morgan fingerprint density at radius 3 is 2.80 bits per heavy atom. The number of ether oxygens (including phenoxy) is 2. The Morgan fingerprint density at radius 2 is 2.08 bits per heavy atom. The lowest BCUT2D eigenvalue weighted by Crippen LogP contribution is -2.40. The number of carbonyl (C=O) groups is 1. The van der Waals surface area contributed by atoms with Crippen LogP contribution in [0.15, 0.2) is 23.8 Å². The van der Waals surface area contributed by atoms with E-state index in [0.29, 0.717) is 11.8 Å². The van der Waals surface area contributed by atoms with Crippen molar-refractivity contribution >= 4 is 11.5 Å². The molecule has 1 aromatic rings. The number of hydrogen-bond donors (Lipinski definition) is 0. The SMILES string of the molecule is COc1ccc2c(c1)C[C@@H](C)C1=C2CC[C@@]2(C)[C@@H]1CC[C@H]2OC(C)=O. The van der Waals surface area contributed by atoms with E-state index in [1.165, 1.54) is 18.1 Å². The van der Waals surface area contributed by atoms with Crippen molar-refractivity contribution in [1.29, 1.82) is 0 Å². The van der Waals surface area contributed by atoms with Gasteiger partial charge in [-0.2, -0.15) is 0 Å². The first kappa shape index (κ1) is 16.7. The van der Waals surface area contributed by atoms with E-state index >= 15 is 0 Å². The number of methoxy groups -OCH3 is 1. The molecule has 3 nitrogen and oxygen atoms in total. The van der Waals surface area contributed by atoms with Gasteiger partial charge in [0.2, 0.25) is 0 Å². The van der Waals surface area contributed by atoms with Crippen LogP contribution in [0, 0.1) is 17.3 Å². The van der Waals surface area contributed by atoms with E-state index in [1.807, 2.05) is 0 Å². The molecule has 0 bridgehead atoms. The van der Waals surface area contributed by atoms with Crippen molar-refractivity contribution in [3.05, 3.63) is 34.9 Å². The van der Waals surface area contributed by atoms with Crippen LogP contribution in [0.2, 0.25) is 0 Å². The van der Waals surface area contributed by atoms with E-state index in [9.17, 15) is 4.79 Å². The van der Waals surface area contributed by atoms with Crippen LogP contribution in [-0.4, -0.2) is 19.2 Å². The molecule has 0 spiro atoms. The Kier molecular flexibility index (Phi) is 3.93. The molecule has 0 aliphatic heterocycles. The lowest BCUT2D eigenvalue weighted by atomic mass is 9.60. The maximum atomic E-state index is 11.5. The summed E-state index contributed by atoms with van der Waals surface area (Å²) in [4.78, 5) is 11.5. The highest BCUT2D eigenvalue weighted by Crippen LogP contribution is 2.60. The Labute approximate surface area is 150 Å². The zero-order valence-corrected chi connectivity index (χ0v) is 15.7. The fourth-order valence-corrected chi connectivity index (χ4v) is 5.72. The minimum absolute atomic E-state index is 0.0773. The summed E-state index contributed by atoms with van der Waals surface area (Å²) in [5, 5.41) is 0. The number of benzene rings is 1. The Hall–Kier alpha value is -1.77. The predicted octanol–water partition coefficient (Wildman–Crippen LogP) is 4.78. The minimum atomic E-state index is -0.138.